The van der Waals surface area contributed by atoms with Crippen LogP contribution in [0.4, 0.5) is 5.69 Å². The number of hydrogen-bond acceptors (Lipinski definition) is 6. The number of aromatic nitrogens is 3. The fourth-order valence-electron chi connectivity index (χ4n) is 4.06. The van der Waals surface area contributed by atoms with Gasteiger partial charge in [-0.1, -0.05) is 46.7 Å². The molecular weight excluding hydrogens is 516 g/mol. The van der Waals surface area contributed by atoms with E-state index in [9.17, 15) is 4.79 Å². The zero-order valence-corrected chi connectivity index (χ0v) is 20.5. The molecule has 1 atom stereocenters. The molecule has 3 heterocycles. The zero-order valence-electron chi connectivity index (χ0n) is 18.1. The predicted molar refractivity (Wildman–Crippen MR) is 137 cm³/mol. The topological polar surface area (TPSA) is 77.8 Å². The summed E-state index contributed by atoms with van der Waals surface area (Å²) in [4.78, 5) is 23.1. The first kappa shape index (κ1) is 21.2. The molecule has 6 rings (SSSR count). The third-order valence-corrected chi connectivity index (χ3v) is 7.53. The Kier molecular flexibility index (Phi) is 5.30. The number of carbonyl (C=O) groups excluding carboxylic acids is 1. The number of imidazole rings is 1. The maximum Gasteiger partial charge on any atom is 0.237 e. The van der Waals surface area contributed by atoms with E-state index in [0.29, 0.717) is 23.6 Å². The number of hydrogen-bond donors (Lipinski definition) is 1. The maximum absolute atomic E-state index is 13.2. The number of fused-ring (bicyclic) bond motifs is 6. The average molecular weight is 535 g/mol. The van der Waals surface area contributed by atoms with Crippen molar-refractivity contribution in [1.29, 1.82) is 0 Å². The molecule has 2 aromatic heterocycles. The number of thioether (sulfide) groups is 1. The molecule has 0 radical (unpaired) electrons. The number of nitrogens with one attached hydrogen (secondary N) is 1. The van der Waals surface area contributed by atoms with Gasteiger partial charge in [0.05, 0.1) is 21.8 Å². The number of carbonyl (C=O) groups is 1. The van der Waals surface area contributed by atoms with Crippen molar-refractivity contribution in [3.63, 3.8) is 0 Å². The zero-order chi connectivity index (χ0) is 23.2. The Morgan fingerprint density at radius 2 is 1.94 bits per heavy atom. The van der Waals surface area contributed by atoms with Crippen molar-refractivity contribution in [2.45, 2.75) is 23.8 Å². The van der Waals surface area contributed by atoms with Crippen LogP contribution in [0.25, 0.3) is 27.6 Å². The molecule has 1 aliphatic rings. The Morgan fingerprint density at radius 3 is 2.82 bits per heavy atom. The highest BCUT2D eigenvalue weighted by Gasteiger charge is 2.23. The van der Waals surface area contributed by atoms with Crippen molar-refractivity contribution < 1.29 is 14.3 Å². The van der Waals surface area contributed by atoms with Crippen molar-refractivity contribution in [1.82, 2.24) is 14.4 Å². The lowest BCUT2D eigenvalue weighted by atomic mass is 10.2. The van der Waals surface area contributed by atoms with Crippen LogP contribution in [0.3, 0.4) is 0 Å². The minimum atomic E-state index is -0.352. The molecule has 7 nitrogen and oxygen atoms in total. The molecular formula is C25H19BrN4O3S. The summed E-state index contributed by atoms with van der Waals surface area (Å²) in [6.07, 6.45) is 0.634. The second-order valence-corrected chi connectivity index (χ2v) is 9.97. The fraction of sp³-hybridized carbons (Fsp3) is 0.160. The average Bonchev–Trinajstić information content (AvgIpc) is 3.47. The van der Waals surface area contributed by atoms with Gasteiger partial charge in [0, 0.05) is 21.6 Å². The van der Waals surface area contributed by atoms with E-state index in [0.717, 1.165) is 37.2 Å². The van der Waals surface area contributed by atoms with E-state index in [2.05, 4.69) is 21.2 Å². The molecule has 9 heteroatoms. The maximum atomic E-state index is 13.2. The monoisotopic (exact) mass is 534 g/mol. The summed E-state index contributed by atoms with van der Waals surface area (Å²) in [5, 5.41) is 4.34. The standard InChI is InChI=1S/C25H19BrN4O3S/c1-2-22(24(31)27-15-8-10-20-21(12-15)33-13-32-20)34-25-29-17-9-7-14(26)11-16(17)23-28-18-5-3-4-6-19(18)30(23)25/h3-12,22H,2,13H2,1H3,(H,27,31)/t22-/m1/s1. The first-order valence-corrected chi connectivity index (χ1v) is 12.5. The first-order chi connectivity index (χ1) is 16.6. The van der Waals surface area contributed by atoms with Crippen molar-refractivity contribution in [2.24, 2.45) is 0 Å². The quantitative estimate of drug-likeness (QED) is 0.219. The molecule has 1 amide bonds. The molecule has 0 aliphatic carbocycles. The molecule has 1 aliphatic heterocycles. The third kappa shape index (κ3) is 3.65. The van der Waals surface area contributed by atoms with Crippen LogP contribution >= 0.6 is 27.7 Å². The van der Waals surface area contributed by atoms with Gasteiger partial charge in [-0.3, -0.25) is 9.20 Å². The van der Waals surface area contributed by atoms with E-state index in [-0.39, 0.29) is 18.0 Å². The van der Waals surface area contributed by atoms with Gasteiger partial charge >= 0.3 is 0 Å². The Balaban J connectivity index is 1.40. The van der Waals surface area contributed by atoms with E-state index >= 15 is 0 Å². The SMILES string of the molecule is CC[C@@H](Sc1nc2ccc(Br)cc2c2nc3ccccc3n12)C(=O)Nc1ccc2c(c1)OCO2. The normalized spacial score (nSPS) is 13.6. The van der Waals surface area contributed by atoms with Gasteiger partial charge in [-0.15, -0.1) is 0 Å². The van der Waals surface area contributed by atoms with Crippen molar-refractivity contribution >= 4 is 66.9 Å². The number of halogens is 1. The molecule has 0 saturated carbocycles. The van der Waals surface area contributed by atoms with Crippen LogP contribution in [-0.2, 0) is 4.79 Å². The first-order valence-electron chi connectivity index (χ1n) is 10.8. The van der Waals surface area contributed by atoms with E-state index in [1.54, 1.807) is 12.1 Å². The van der Waals surface area contributed by atoms with E-state index in [1.807, 2.05) is 59.9 Å². The summed E-state index contributed by atoms with van der Waals surface area (Å²) >= 11 is 5.00. The highest BCUT2D eigenvalue weighted by atomic mass is 79.9. The number of rotatable bonds is 5. The fourth-order valence-corrected chi connectivity index (χ4v) is 5.45. The molecule has 5 aromatic rings. The summed E-state index contributed by atoms with van der Waals surface area (Å²) < 4.78 is 13.8. The van der Waals surface area contributed by atoms with Crippen LogP contribution in [0.1, 0.15) is 13.3 Å². The van der Waals surface area contributed by atoms with Crippen LogP contribution in [0, 0.1) is 0 Å². The lowest BCUT2D eigenvalue weighted by molar-refractivity contribution is -0.115. The lowest BCUT2D eigenvalue weighted by Gasteiger charge is -2.16. The number of ether oxygens (including phenoxy) is 2. The van der Waals surface area contributed by atoms with Crippen molar-refractivity contribution in [3.05, 3.63) is 65.1 Å². The molecule has 34 heavy (non-hydrogen) atoms. The molecule has 0 bridgehead atoms. The minimum Gasteiger partial charge on any atom is -0.454 e. The highest BCUT2D eigenvalue weighted by Crippen LogP contribution is 2.36. The van der Waals surface area contributed by atoms with Crippen LogP contribution < -0.4 is 14.8 Å². The molecule has 170 valence electrons. The minimum absolute atomic E-state index is 0.0957. The van der Waals surface area contributed by atoms with Gasteiger partial charge in [0.15, 0.2) is 16.7 Å². The van der Waals surface area contributed by atoms with Crippen molar-refractivity contribution in [3.8, 4) is 11.5 Å². The summed E-state index contributed by atoms with van der Waals surface area (Å²) in [7, 11) is 0. The highest BCUT2D eigenvalue weighted by molar-refractivity contribution is 9.10. The van der Waals surface area contributed by atoms with Gasteiger partial charge in [-0.25, -0.2) is 9.97 Å². The summed E-state index contributed by atoms with van der Waals surface area (Å²) in [5.41, 5.74) is 4.17. The molecule has 0 spiro atoms. The van der Waals surface area contributed by atoms with E-state index in [4.69, 9.17) is 19.4 Å². The Morgan fingerprint density at radius 1 is 1.09 bits per heavy atom. The number of benzene rings is 3. The summed E-state index contributed by atoms with van der Waals surface area (Å²) in [6.45, 7) is 2.19. The number of nitrogens with zero attached hydrogens (tertiary/aromatic N) is 3. The summed E-state index contributed by atoms with van der Waals surface area (Å²) in [6, 6.07) is 19.3. The molecule has 1 N–H and O–H groups in total. The Hall–Kier alpha value is -3.30. The summed E-state index contributed by atoms with van der Waals surface area (Å²) in [5.74, 6) is 1.22. The molecule has 0 saturated heterocycles. The Bertz CT molecular complexity index is 1590. The second kappa shape index (κ2) is 8.48. The molecule has 3 aromatic carbocycles. The number of para-hydroxylation sites is 2. The second-order valence-electron chi connectivity index (χ2n) is 7.89. The smallest absolute Gasteiger partial charge is 0.237 e. The predicted octanol–water partition coefficient (Wildman–Crippen LogP) is 6.04. The van der Waals surface area contributed by atoms with Gasteiger partial charge in [0.1, 0.15) is 5.65 Å². The van der Waals surface area contributed by atoms with Gasteiger partial charge in [0.25, 0.3) is 0 Å². The van der Waals surface area contributed by atoms with Gasteiger partial charge < -0.3 is 14.8 Å². The van der Waals surface area contributed by atoms with Gasteiger partial charge in [-0.2, -0.15) is 0 Å². The van der Waals surface area contributed by atoms with Crippen LogP contribution in [0.15, 0.2) is 70.3 Å². The van der Waals surface area contributed by atoms with E-state index in [1.165, 1.54) is 11.8 Å². The van der Waals surface area contributed by atoms with Crippen LogP contribution in [-0.4, -0.2) is 32.3 Å². The number of amides is 1. The Labute approximate surface area is 207 Å². The molecule has 0 unspecified atom stereocenters. The van der Waals surface area contributed by atoms with Gasteiger partial charge in [0.2, 0.25) is 12.7 Å². The van der Waals surface area contributed by atoms with E-state index < -0.39 is 0 Å². The number of anilines is 1. The third-order valence-electron chi connectivity index (χ3n) is 5.72. The van der Waals surface area contributed by atoms with Crippen molar-refractivity contribution in [2.75, 3.05) is 12.1 Å². The van der Waals surface area contributed by atoms with Crippen LogP contribution in [0.2, 0.25) is 0 Å². The molecule has 0 fully saturated rings. The largest absolute Gasteiger partial charge is 0.454 e. The van der Waals surface area contributed by atoms with Crippen LogP contribution in [0.5, 0.6) is 11.5 Å². The van der Waals surface area contributed by atoms with Gasteiger partial charge in [-0.05, 0) is 48.9 Å². The lowest BCUT2D eigenvalue weighted by Crippen LogP contribution is -2.25.